The number of benzene rings is 1. The van der Waals surface area contributed by atoms with E-state index in [9.17, 15) is 14.4 Å². The second-order valence-corrected chi connectivity index (χ2v) is 5.73. The number of anilines is 1. The number of hydrogen-bond acceptors (Lipinski definition) is 3. The summed E-state index contributed by atoms with van der Waals surface area (Å²) in [5, 5.41) is 8.67. The van der Waals surface area contributed by atoms with Crippen LogP contribution in [-0.2, 0) is 9.59 Å². The smallest absolute Gasteiger partial charge is 0.304 e. The number of amides is 1. The lowest BCUT2D eigenvalue weighted by atomic mass is 10.1. The minimum atomic E-state index is -1.03. The van der Waals surface area contributed by atoms with Gasteiger partial charge in [-0.1, -0.05) is 15.9 Å². The van der Waals surface area contributed by atoms with Crippen LogP contribution in [0.4, 0.5) is 5.69 Å². The van der Waals surface area contributed by atoms with E-state index in [0.29, 0.717) is 18.5 Å². The summed E-state index contributed by atoms with van der Waals surface area (Å²) < 4.78 is 0. The molecule has 1 aromatic rings. The van der Waals surface area contributed by atoms with E-state index in [1.165, 1.54) is 0 Å². The van der Waals surface area contributed by atoms with Crippen LogP contribution in [0.5, 0.6) is 0 Å². The van der Waals surface area contributed by atoms with Gasteiger partial charge >= 0.3 is 5.97 Å². The molecule has 0 saturated carbocycles. The van der Waals surface area contributed by atoms with Gasteiger partial charge in [-0.2, -0.15) is 0 Å². The van der Waals surface area contributed by atoms with E-state index in [-0.39, 0.29) is 18.1 Å². The minimum absolute atomic E-state index is 0.0910. The molecule has 0 aliphatic carbocycles. The lowest BCUT2D eigenvalue weighted by Gasteiger charge is -2.16. The highest BCUT2D eigenvalue weighted by atomic mass is 79.9. The molecule has 1 fully saturated rings. The molecule has 0 radical (unpaired) electrons. The van der Waals surface area contributed by atoms with Gasteiger partial charge in [0, 0.05) is 24.2 Å². The highest BCUT2D eigenvalue weighted by Gasteiger charge is 2.23. The van der Waals surface area contributed by atoms with Crippen LogP contribution in [0, 0.1) is 0 Å². The average Bonchev–Trinajstić information content (AvgIpc) is 2.83. The molecule has 5 nitrogen and oxygen atoms in total. The van der Waals surface area contributed by atoms with Crippen molar-refractivity contribution >= 4 is 39.3 Å². The molecule has 1 atom stereocenters. The van der Waals surface area contributed by atoms with Crippen LogP contribution in [0.1, 0.15) is 29.6 Å². The highest BCUT2D eigenvalue weighted by molar-refractivity contribution is 9.10. The van der Waals surface area contributed by atoms with Crippen LogP contribution >= 0.6 is 15.9 Å². The number of nitrogens with zero attached hydrogens (tertiary/aromatic N) is 1. The Hall–Kier alpha value is -1.69. The molecule has 6 heteroatoms. The van der Waals surface area contributed by atoms with Crippen LogP contribution in [-0.4, -0.2) is 34.1 Å². The molecule has 1 aliphatic rings. The van der Waals surface area contributed by atoms with Gasteiger partial charge in [0.2, 0.25) is 5.91 Å². The Bertz CT molecular complexity index is 541. The number of aliphatic carboxylic acids is 1. The molecular weight excluding hydrogens is 326 g/mol. The van der Waals surface area contributed by atoms with Crippen molar-refractivity contribution in [3.05, 3.63) is 29.8 Å². The lowest BCUT2D eigenvalue weighted by Crippen LogP contribution is -2.23. The fourth-order valence-electron chi connectivity index (χ4n) is 2.15. The van der Waals surface area contributed by atoms with Crippen LogP contribution < -0.4 is 4.90 Å². The summed E-state index contributed by atoms with van der Waals surface area (Å²) >= 11 is 3.08. The number of rotatable bonds is 5. The van der Waals surface area contributed by atoms with Gasteiger partial charge < -0.3 is 10.0 Å². The van der Waals surface area contributed by atoms with Crippen molar-refractivity contribution in [3.63, 3.8) is 0 Å². The SMILES string of the molecule is O=C(O)CC(Br)C(=O)c1ccc(N2CCCC2=O)cc1. The fourth-order valence-corrected chi connectivity index (χ4v) is 2.69. The van der Waals surface area contributed by atoms with Gasteiger partial charge in [-0.05, 0) is 30.7 Å². The standard InChI is InChI=1S/C14H14BrNO4/c15-11(8-13(18)19)14(20)9-3-5-10(6-4-9)16-7-1-2-12(16)17/h3-6,11H,1-2,7-8H2,(H,18,19). The Morgan fingerprint density at radius 3 is 2.45 bits per heavy atom. The Labute approximate surface area is 124 Å². The maximum Gasteiger partial charge on any atom is 0.304 e. The summed E-state index contributed by atoms with van der Waals surface area (Å²) in [6, 6.07) is 6.69. The Morgan fingerprint density at radius 1 is 1.30 bits per heavy atom. The molecule has 1 N–H and O–H groups in total. The second kappa shape index (κ2) is 6.17. The fraction of sp³-hybridized carbons (Fsp3) is 0.357. The number of ketones is 1. The first-order chi connectivity index (χ1) is 9.49. The minimum Gasteiger partial charge on any atom is -0.481 e. The predicted octanol–water partition coefficient (Wildman–Crippen LogP) is 2.23. The molecule has 0 spiro atoms. The molecule has 1 heterocycles. The molecule has 1 aromatic carbocycles. The van der Waals surface area contributed by atoms with E-state index in [4.69, 9.17) is 5.11 Å². The summed E-state index contributed by atoms with van der Waals surface area (Å²) in [4.78, 5) is 35.1. The summed E-state index contributed by atoms with van der Waals surface area (Å²) in [6.45, 7) is 0.701. The first-order valence-electron chi connectivity index (χ1n) is 6.29. The van der Waals surface area contributed by atoms with Crippen molar-refractivity contribution in [2.45, 2.75) is 24.1 Å². The van der Waals surface area contributed by atoms with Crippen LogP contribution in [0.25, 0.3) is 0 Å². The number of carboxylic acids is 1. The molecular formula is C14H14BrNO4. The summed E-state index contributed by atoms with van der Waals surface area (Å²) in [6.07, 6.45) is 1.15. The summed E-state index contributed by atoms with van der Waals surface area (Å²) in [7, 11) is 0. The number of carbonyl (C=O) groups excluding carboxylic acids is 2. The monoisotopic (exact) mass is 339 g/mol. The van der Waals surface area contributed by atoms with Crippen molar-refractivity contribution in [2.24, 2.45) is 0 Å². The van der Waals surface area contributed by atoms with Crippen LogP contribution in [0.3, 0.4) is 0 Å². The quantitative estimate of drug-likeness (QED) is 0.659. The Kier molecular flexibility index (Phi) is 4.54. The molecule has 1 saturated heterocycles. The summed E-state index contributed by atoms with van der Waals surface area (Å²) in [5.74, 6) is -1.21. The zero-order chi connectivity index (χ0) is 14.7. The second-order valence-electron chi connectivity index (χ2n) is 4.63. The van der Waals surface area contributed by atoms with Gasteiger partial charge in [0.1, 0.15) is 0 Å². The van der Waals surface area contributed by atoms with Crippen molar-refractivity contribution in [3.8, 4) is 0 Å². The van der Waals surface area contributed by atoms with Crippen LogP contribution in [0.2, 0.25) is 0 Å². The molecule has 1 amide bonds. The van der Waals surface area contributed by atoms with Gasteiger partial charge in [-0.3, -0.25) is 14.4 Å². The van der Waals surface area contributed by atoms with Crippen molar-refractivity contribution in [1.29, 1.82) is 0 Å². The number of hydrogen-bond donors (Lipinski definition) is 1. The third-order valence-electron chi connectivity index (χ3n) is 3.18. The number of carbonyl (C=O) groups is 3. The summed E-state index contributed by atoms with van der Waals surface area (Å²) in [5.41, 5.74) is 1.21. The lowest BCUT2D eigenvalue weighted by molar-refractivity contribution is -0.136. The number of Topliss-reactive ketones (excluding diaryl/α,β-unsaturated/α-hetero) is 1. The van der Waals surface area contributed by atoms with Crippen molar-refractivity contribution in [1.82, 2.24) is 0 Å². The normalized spacial score (nSPS) is 16.2. The predicted molar refractivity (Wildman–Crippen MR) is 77.3 cm³/mol. The van der Waals surface area contributed by atoms with Gasteiger partial charge in [0.15, 0.2) is 5.78 Å². The number of halogens is 1. The number of carboxylic acid groups (broad SMARTS) is 1. The van der Waals surface area contributed by atoms with E-state index in [0.717, 1.165) is 12.1 Å². The molecule has 0 aromatic heterocycles. The Morgan fingerprint density at radius 2 is 1.95 bits per heavy atom. The van der Waals surface area contributed by atoms with E-state index in [1.807, 2.05) is 0 Å². The number of alkyl halides is 1. The van der Waals surface area contributed by atoms with Crippen LogP contribution in [0.15, 0.2) is 24.3 Å². The van der Waals surface area contributed by atoms with Crippen molar-refractivity contribution in [2.75, 3.05) is 11.4 Å². The largest absolute Gasteiger partial charge is 0.481 e. The van der Waals surface area contributed by atoms with Crippen molar-refractivity contribution < 1.29 is 19.5 Å². The highest BCUT2D eigenvalue weighted by Crippen LogP contribution is 2.23. The third kappa shape index (κ3) is 3.25. The maximum absolute atomic E-state index is 12.0. The van der Waals surface area contributed by atoms with E-state index in [2.05, 4.69) is 15.9 Å². The first kappa shape index (κ1) is 14.7. The topological polar surface area (TPSA) is 74.7 Å². The van der Waals surface area contributed by atoms with Gasteiger partial charge in [-0.15, -0.1) is 0 Å². The zero-order valence-electron chi connectivity index (χ0n) is 10.7. The Balaban J connectivity index is 2.09. The third-order valence-corrected chi connectivity index (χ3v) is 3.91. The zero-order valence-corrected chi connectivity index (χ0v) is 12.3. The van der Waals surface area contributed by atoms with Gasteiger partial charge in [-0.25, -0.2) is 0 Å². The van der Waals surface area contributed by atoms with Gasteiger partial charge in [0.05, 0.1) is 11.2 Å². The van der Waals surface area contributed by atoms with E-state index in [1.54, 1.807) is 29.2 Å². The molecule has 2 rings (SSSR count). The average molecular weight is 340 g/mol. The first-order valence-corrected chi connectivity index (χ1v) is 7.21. The maximum atomic E-state index is 12.0. The molecule has 20 heavy (non-hydrogen) atoms. The van der Waals surface area contributed by atoms with E-state index >= 15 is 0 Å². The molecule has 1 aliphatic heterocycles. The van der Waals surface area contributed by atoms with E-state index < -0.39 is 10.8 Å². The molecule has 0 bridgehead atoms. The molecule has 106 valence electrons. The van der Waals surface area contributed by atoms with Gasteiger partial charge in [0.25, 0.3) is 0 Å². The molecule has 1 unspecified atom stereocenters.